The molecule has 2 rings (SSSR count). The van der Waals surface area contributed by atoms with E-state index in [1.54, 1.807) is 4.90 Å². The molecule has 0 aliphatic heterocycles. The second kappa shape index (κ2) is 12.2. The van der Waals surface area contributed by atoms with Crippen molar-refractivity contribution in [1.82, 2.24) is 10.2 Å². The number of amides is 3. The normalized spacial score (nSPS) is 10.6. The minimum absolute atomic E-state index is 0.0183. The highest BCUT2D eigenvalue weighted by molar-refractivity contribution is 9.10. The van der Waals surface area contributed by atoms with Crippen molar-refractivity contribution < 1.29 is 9.59 Å². The van der Waals surface area contributed by atoms with Crippen LogP contribution in [0.15, 0.2) is 59.1 Å². The lowest BCUT2D eigenvalue weighted by atomic mass is 10.2. The Kier molecular flexibility index (Phi) is 9.67. The number of anilines is 2. The van der Waals surface area contributed by atoms with E-state index in [2.05, 4.69) is 45.3 Å². The maximum Gasteiger partial charge on any atom is 0.319 e. The molecule has 0 aliphatic rings. The summed E-state index contributed by atoms with van der Waals surface area (Å²) in [7, 11) is 0. The van der Waals surface area contributed by atoms with Gasteiger partial charge in [0.25, 0.3) is 0 Å². The van der Waals surface area contributed by atoms with Gasteiger partial charge in [-0.15, -0.1) is 0 Å². The van der Waals surface area contributed by atoms with Crippen molar-refractivity contribution >= 4 is 39.2 Å². The van der Waals surface area contributed by atoms with Gasteiger partial charge in [-0.2, -0.15) is 0 Å². The number of urea groups is 1. The zero-order valence-corrected chi connectivity index (χ0v) is 18.6. The van der Waals surface area contributed by atoms with Crippen LogP contribution in [-0.2, 0) is 4.79 Å². The molecule has 156 valence electrons. The Morgan fingerprint density at radius 2 is 1.69 bits per heavy atom. The molecule has 2 aromatic carbocycles. The largest absolute Gasteiger partial charge is 0.337 e. The van der Waals surface area contributed by atoms with Gasteiger partial charge in [-0.3, -0.25) is 4.79 Å². The first-order valence-electron chi connectivity index (χ1n) is 9.91. The van der Waals surface area contributed by atoms with Crippen LogP contribution in [0.5, 0.6) is 0 Å². The molecule has 0 unspecified atom stereocenters. The number of carbonyl (C=O) groups excluding carboxylic acids is 2. The third-order valence-corrected chi connectivity index (χ3v) is 5.10. The predicted molar refractivity (Wildman–Crippen MR) is 122 cm³/mol. The van der Waals surface area contributed by atoms with E-state index < -0.39 is 0 Å². The van der Waals surface area contributed by atoms with E-state index in [9.17, 15) is 9.59 Å². The summed E-state index contributed by atoms with van der Waals surface area (Å²) in [5, 5.41) is 5.50. The first-order valence-corrected chi connectivity index (χ1v) is 10.7. The maximum atomic E-state index is 12.9. The molecular formula is C22H29BrN4O2. The Labute approximate surface area is 181 Å². The number of para-hydroxylation sites is 1. The third-order valence-electron chi connectivity index (χ3n) is 4.61. The van der Waals surface area contributed by atoms with Gasteiger partial charge in [0.15, 0.2) is 0 Å². The molecule has 7 heteroatoms. The molecule has 2 aromatic rings. The lowest BCUT2D eigenvalue weighted by Crippen LogP contribution is -2.40. The highest BCUT2D eigenvalue weighted by Gasteiger charge is 2.17. The van der Waals surface area contributed by atoms with E-state index in [4.69, 9.17) is 0 Å². The first kappa shape index (κ1) is 22.9. The topological polar surface area (TPSA) is 64.7 Å². The monoisotopic (exact) mass is 460 g/mol. The van der Waals surface area contributed by atoms with Crippen LogP contribution in [0.25, 0.3) is 0 Å². The summed E-state index contributed by atoms with van der Waals surface area (Å²) in [5.74, 6) is -0.0183. The van der Waals surface area contributed by atoms with Crippen molar-refractivity contribution in [3.63, 3.8) is 0 Å². The van der Waals surface area contributed by atoms with Gasteiger partial charge >= 0.3 is 6.03 Å². The number of nitrogens with zero attached hydrogens (tertiary/aromatic N) is 2. The number of hydrogen-bond donors (Lipinski definition) is 2. The van der Waals surface area contributed by atoms with Crippen LogP contribution in [0.2, 0.25) is 0 Å². The molecule has 0 atom stereocenters. The number of benzene rings is 2. The highest BCUT2D eigenvalue weighted by Crippen LogP contribution is 2.20. The molecule has 3 amide bonds. The molecule has 0 bridgehead atoms. The summed E-state index contributed by atoms with van der Waals surface area (Å²) in [6.45, 7) is 7.79. The predicted octanol–water partition coefficient (Wildman–Crippen LogP) is 4.34. The number of hydrogen-bond acceptors (Lipinski definition) is 3. The zero-order chi connectivity index (χ0) is 21.1. The van der Waals surface area contributed by atoms with E-state index in [0.717, 1.165) is 29.8 Å². The van der Waals surface area contributed by atoms with Crippen LogP contribution in [0.1, 0.15) is 20.3 Å². The van der Waals surface area contributed by atoms with E-state index in [1.165, 1.54) is 0 Å². The lowest BCUT2D eigenvalue weighted by Gasteiger charge is -2.27. The minimum Gasteiger partial charge on any atom is -0.337 e. The summed E-state index contributed by atoms with van der Waals surface area (Å²) in [6, 6.07) is 16.6. The zero-order valence-electron chi connectivity index (χ0n) is 17.0. The molecule has 0 aromatic heterocycles. The molecule has 0 heterocycles. The standard InChI is InChI=1S/C22H29BrN4O2/c1-3-26(4-2)15-16-27(20-12-8-9-18(23)17-20)21(28)13-14-24-22(29)25-19-10-6-5-7-11-19/h5-12,17H,3-4,13-16H2,1-2H3,(H2,24,25,29). The van der Waals surface area contributed by atoms with Gasteiger partial charge in [-0.05, 0) is 43.4 Å². The van der Waals surface area contributed by atoms with Gasteiger partial charge in [0.1, 0.15) is 0 Å². The first-order chi connectivity index (χ1) is 14.0. The Hall–Kier alpha value is -2.38. The minimum atomic E-state index is -0.318. The summed E-state index contributed by atoms with van der Waals surface area (Å²) >= 11 is 3.48. The van der Waals surface area contributed by atoms with Gasteiger partial charge < -0.3 is 20.4 Å². The number of carbonyl (C=O) groups is 2. The maximum absolute atomic E-state index is 12.9. The smallest absolute Gasteiger partial charge is 0.319 e. The van der Waals surface area contributed by atoms with Crippen molar-refractivity contribution in [3.8, 4) is 0 Å². The quantitative estimate of drug-likeness (QED) is 0.554. The van der Waals surface area contributed by atoms with Crippen molar-refractivity contribution in [3.05, 3.63) is 59.1 Å². The molecule has 0 fully saturated rings. The molecule has 6 nitrogen and oxygen atoms in total. The Balaban J connectivity index is 1.93. The number of rotatable bonds is 10. The second-order valence-electron chi connectivity index (χ2n) is 6.55. The number of likely N-dealkylation sites (N-methyl/N-ethyl adjacent to an activating group) is 1. The fraction of sp³-hybridized carbons (Fsp3) is 0.364. The van der Waals surface area contributed by atoms with Crippen molar-refractivity contribution in [2.24, 2.45) is 0 Å². The van der Waals surface area contributed by atoms with Crippen molar-refractivity contribution in [2.45, 2.75) is 20.3 Å². The van der Waals surface area contributed by atoms with Crippen LogP contribution >= 0.6 is 15.9 Å². The molecule has 0 aliphatic carbocycles. The van der Waals surface area contributed by atoms with Gasteiger partial charge in [0, 0.05) is 41.9 Å². The molecular weight excluding hydrogens is 432 g/mol. The SMILES string of the molecule is CCN(CC)CCN(C(=O)CCNC(=O)Nc1ccccc1)c1cccc(Br)c1. The van der Waals surface area contributed by atoms with Gasteiger partial charge in [-0.25, -0.2) is 4.79 Å². The molecule has 0 saturated carbocycles. The van der Waals surface area contributed by atoms with E-state index in [0.29, 0.717) is 12.2 Å². The molecule has 0 saturated heterocycles. The van der Waals surface area contributed by atoms with Crippen LogP contribution in [0.3, 0.4) is 0 Å². The second-order valence-corrected chi connectivity index (χ2v) is 7.46. The highest BCUT2D eigenvalue weighted by atomic mass is 79.9. The van der Waals surface area contributed by atoms with Gasteiger partial charge in [-0.1, -0.05) is 54.0 Å². The Morgan fingerprint density at radius 3 is 2.34 bits per heavy atom. The van der Waals surface area contributed by atoms with Gasteiger partial charge in [0.05, 0.1) is 0 Å². The van der Waals surface area contributed by atoms with Crippen LogP contribution < -0.4 is 15.5 Å². The fourth-order valence-electron chi connectivity index (χ4n) is 2.94. The number of halogens is 1. The lowest BCUT2D eigenvalue weighted by molar-refractivity contribution is -0.118. The average molecular weight is 461 g/mol. The fourth-order valence-corrected chi connectivity index (χ4v) is 3.32. The van der Waals surface area contributed by atoms with E-state index >= 15 is 0 Å². The number of nitrogens with one attached hydrogen (secondary N) is 2. The van der Waals surface area contributed by atoms with Crippen LogP contribution in [0.4, 0.5) is 16.2 Å². The molecule has 0 radical (unpaired) electrons. The van der Waals surface area contributed by atoms with Crippen LogP contribution in [0, 0.1) is 0 Å². The Morgan fingerprint density at radius 1 is 0.966 bits per heavy atom. The van der Waals surface area contributed by atoms with Gasteiger partial charge in [0.2, 0.25) is 5.91 Å². The van der Waals surface area contributed by atoms with E-state index in [-0.39, 0.29) is 24.9 Å². The van der Waals surface area contributed by atoms with Crippen molar-refractivity contribution in [1.29, 1.82) is 0 Å². The average Bonchev–Trinajstić information content (AvgIpc) is 2.72. The summed E-state index contributed by atoms with van der Waals surface area (Å²) < 4.78 is 0.927. The summed E-state index contributed by atoms with van der Waals surface area (Å²) in [5.41, 5.74) is 1.57. The summed E-state index contributed by atoms with van der Waals surface area (Å²) in [6.07, 6.45) is 0.229. The molecule has 2 N–H and O–H groups in total. The Bertz CT molecular complexity index is 781. The summed E-state index contributed by atoms with van der Waals surface area (Å²) in [4.78, 5) is 29.0. The molecule has 29 heavy (non-hydrogen) atoms. The van der Waals surface area contributed by atoms with Crippen molar-refractivity contribution in [2.75, 3.05) is 42.9 Å². The van der Waals surface area contributed by atoms with E-state index in [1.807, 2.05) is 54.6 Å². The third kappa shape index (κ3) is 7.87. The molecule has 0 spiro atoms. The van der Waals surface area contributed by atoms with Crippen LogP contribution in [-0.4, -0.2) is 49.6 Å².